The number of benzene rings is 1. The summed E-state index contributed by atoms with van der Waals surface area (Å²) in [6.07, 6.45) is 1.02. The number of ether oxygens (including phenoxy) is 5. The first-order valence-corrected chi connectivity index (χ1v) is 16.2. The van der Waals surface area contributed by atoms with E-state index >= 15 is 0 Å². The molecule has 8 atom stereocenters. The van der Waals surface area contributed by atoms with Gasteiger partial charge in [0.25, 0.3) is 0 Å². The predicted octanol–water partition coefficient (Wildman–Crippen LogP) is 3.53. The lowest BCUT2D eigenvalue weighted by Crippen LogP contribution is -2.63. The number of esters is 1. The van der Waals surface area contributed by atoms with Gasteiger partial charge < -0.3 is 38.6 Å². The third-order valence-corrected chi connectivity index (χ3v) is 10.0. The highest BCUT2D eigenvalue weighted by Gasteiger charge is 2.64. The molecule has 8 unspecified atom stereocenters. The Kier molecular flexibility index (Phi) is 11.2. The molecule has 2 N–H and O–H groups in total. The van der Waals surface area contributed by atoms with Gasteiger partial charge in [0.1, 0.15) is 40.7 Å². The molecule has 2 fully saturated rings. The van der Waals surface area contributed by atoms with E-state index in [0.717, 1.165) is 11.1 Å². The average Bonchev–Trinajstić information content (AvgIpc) is 3.73. The molecule has 0 radical (unpaired) electrons. The molecule has 1 aromatic carbocycles. The molecule has 0 spiro atoms. The minimum absolute atomic E-state index is 0.0436. The van der Waals surface area contributed by atoms with Gasteiger partial charge in [0, 0.05) is 40.5 Å². The third-order valence-electron chi connectivity index (χ3n) is 9.63. The summed E-state index contributed by atoms with van der Waals surface area (Å²) >= 11 is 6.71. The maximum absolute atomic E-state index is 14.0. The number of epoxide rings is 1. The number of carbonyl (C=O) groups excluding carboxylic acids is 4. The second kappa shape index (κ2) is 14.5. The van der Waals surface area contributed by atoms with Crippen molar-refractivity contribution in [3.63, 3.8) is 0 Å². The minimum Gasteiger partial charge on any atom is -0.495 e. The number of likely N-dealkylation sites (N-methyl/N-ethyl adjacent to an activating group) is 1. The molecule has 14 heteroatoms. The van der Waals surface area contributed by atoms with Gasteiger partial charge in [0.2, 0.25) is 11.8 Å². The van der Waals surface area contributed by atoms with Gasteiger partial charge in [-0.3, -0.25) is 14.9 Å². The van der Waals surface area contributed by atoms with E-state index in [0.29, 0.717) is 17.9 Å². The SMILES string of the molecule is COc1cc2cc(c1Cl)N(C)C(=O)CC(OC(=O)C(C)N(C)C(C)=O)C1(C)OC1C(C)C1CC(O)(NC(=O)O1)C(OC)/C=C/C=C(\C)C2. The normalized spacial score (nSPS) is 33.2. The number of rotatable bonds is 5. The lowest BCUT2D eigenvalue weighted by atomic mass is 9.83. The van der Waals surface area contributed by atoms with Crippen molar-refractivity contribution in [1.82, 2.24) is 10.2 Å². The number of hydrogen-bond acceptors (Lipinski definition) is 10. The number of anilines is 1. The summed E-state index contributed by atoms with van der Waals surface area (Å²) in [5.41, 5.74) is -0.871. The topological polar surface area (TPSA) is 156 Å². The number of hydrogen-bond donors (Lipinski definition) is 2. The van der Waals surface area contributed by atoms with Crippen LogP contribution in [-0.4, -0.2) is 104 Å². The minimum atomic E-state index is -1.81. The quantitative estimate of drug-likeness (QED) is 0.346. The highest BCUT2D eigenvalue weighted by atomic mass is 35.5. The zero-order chi connectivity index (χ0) is 35.7. The van der Waals surface area contributed by atoms with Crippen LogP contribution in [0.4, 0.5) is 10.5 Å². The molecule has 4 bridgehead atoms. The summed E-state index contributed by atoms with van der Waals surface area (Å²) in [5.74, 6) is -1.63. The summed E-state index contributed by atoms with van der Waals surface area (Å²) in [6.45, 7) is 8.29. The second-order valence-corrected chi connectivity index (χ2v) is 13.4. The standard InChI is InChI=1S/C34H46ClN3O10/c1-18-11-10-12-26(45-9)34(43)17-25(46-32(42)36-34)19(2)30-33(5,48-30)27(47-31(41)20(3)37(6)21(4)39)16-28(40)38(7)23-14-22(13-18)15-24(44-8)29(23)35/h10-12,14-15,19-20,25-27,30,43H,13,16-17H2,1-9H3,(H,36,42)/b12-10+,18-11+. The Bertz CT molecular complexity index is 1500. The van der Waals surface area contributed by atoms with Crippen LogP contribution in [0.1, 0.15) is 53.0 Å². The highest BCUT2D eigenvalue weighted by Crippen LogP contribution is 2.49. The molecule has 264 valence electrons. The van der Waals surface area contributed by atoms with Crippen molar-refractivity contribution < 1.29 is 48.0 Å². The van der Waals surface area contributed by atoms with Crippen molar-refractivity contribution in [2.24, 2.45) is 5.92 Å². The van der Waals surface area contributed by atoms with Crippen LogP contribution < -0.4 is 15.0 Å². The van der Waals surface area contributed by atoms with E-state index in [2.05, 4.69) is 5.32 Å². The monoisotopic (exact) mass is 691 g/mol. The van der Waals surface area contributed by atoms with Crippen molar-refractivity contribution in [1.29, 1.82) is 0 Å². The Balaban J connectivity index is 1.80. The molecule has 0 aromatic heterocycles. The van der Waals surface area contributed by atoms with Crippen LogP contribution >= 0.6 is 11.6 Å². The van der Waals surface area contributed by atoms with Gasteiger partial charge in [0.05, 0.1) is 25.3 Å². The second-order valence-electron chi connectivity index (χ2n) is 13.0. The average molecular weight is 692 g/mol. The molecule has 0 aliphatic carbocycles. The molecule has 1 aromatic rings. The molecule has 13 nitrogen and oxygen atoms in total. The number of nitrogens with zero attached hydrogens (tertiary/aromatic N) is 2. The molecule has 3 amide bonds. The summed E-state index contributed by atoms with van der Waals surface area (Å²) in [7, 11) is 5.97. The molecule has 48 heavy (non-hydrogen) atoms. The molecule has 3 aliphatic rings. The first-order chi connectivity index (χ1) is 22.4. The zero-order valence-corrected chi connectivity index (χ0v) is 29.6. The Labute approximate surface area is 286 Å². The van der Waals surface area contributed by atoms with Crippen LogP contribution in [0, 0.1) is 5.92 Å². The Hall–Kier alpha value is -3.65. The van der Waals surface area contributed by atoms with Crippen molar-refractivity contribution in [2.45, 2.75) is 95.7 Å². The van der Waals surface area contributed by atoms with Gasteiger partial charge in [-0.25, -0.2) is 9.59 Å². The molecule has 4 rings (SSSR count). The molecular weight excluding hydrogens is 646 g/mol. The fourth-order valence-electron chi connectivity index (χ4n) is 6.27. The van der Waals surface area contributed by atoms with E-state index in [1.807, 2.05) is 13.0 Å². The van der Waals surface area contributed by atoms with E-state index in [1.54, 1.807) is 45.2 Å². The number of carbonyl (C=O) groups is 4. The number of aliphatic hydroxyl groups is 1. The van der Waals surface area contributed by atoms with Gasteiger partial charge in [0.15, 0.2) is 5.72 Å². The summed E-state index contributed by atoms with van der Waals surface area (Å²) in [4.78, 5) is 54.7. The number of amides is 3. The van der Waals surface area contributed by atoms with Gasteiger partial charge in [-0.15, -0.1) is 0 Å². The van der Waals surface area contributed by atoms with Crippen LogP contribution in [0.3, 0.4) is 0 Å². The van der Waals surface area contributed by atoms with Gasteiger partial charge in [-0.2, -0.15) is 0 Å². The van der Waals surface area contributed by atoms with E-state index in [-0.39, 0.29) is 23.8 Å². The van der Waals surface area contributed by atoms with Crippen LogP contribution in [-0.2, 0) is 39.8 Å². The van der Waals surface area contributed by atoms with E-state index < -0.39 is 65.7 Å². The van der Waals surface area contributed by atoms with Crippen LogP contribution in [0.2, 0.25) is 5.02 Å². The molecular formula is C34H46ClN3O10. The fourth-order valence-corrected chi connectivity index (χ4v) is 6.59. The van der Waals surface area contributed by atoms with Crippen molar-refractivity contribution in [3.05, 3.63) is 46.5 Å². The van der Waals surface area contributed by atoms with Crippen LogP contribution in [0.25, 0.3) is 0 Å². The number of fused-ring (bicyclic) bond motifs is 5. The first-order valence-electron chi connectivity index (χ1n) is 15.8. The molecule has 2 saturated heterocycles. The van der Waals surface area contributed by atoms with Gasteiger partial charge in [-0.1, -0.05) is 42.3 Å². The molecule has 3 heterocycles. The maximum Gasteiger partial charge on any atom is 0.409 e. The third kappa shape index (κ3) is 7.64. The molecule has 3 aliphatic heterocycles. The van der Waals surface area contributed by atoms with Crippen molar-refractivity contribution in [2.75, 3.05) is 33.2 Å². The van der Waals surface area contributed by atoms with Gasteiger partial charge in [-0.05, 0) is 44.9 Å². The summed E-state index contributed by atoms with van der Waals surface area (Å²) in [5, 5.41) is 14.4. The smallest absolute Gasteiger partial charge is 0.409 e. The Morgan fingerprint density at radius 3 is 2.56 bits per heavy atom. The highest BCUT2D eigenvalue weighted by molar-refractivity contribution is 6.35. The first kappa shape index (κ1) is 37.2. The number of halogens is 1. The Morgan fingerprint density at radius 2 is 1.94 bits per heavy atom. The number of nitrogens with one attached hydrogen (secondary N) is 1. The van der Waals surface area contributed by atoms with Crippen LogP contribution in [0.5, 0.6) is 5.75 Å². The number of allylic oxidation sites excluding steroid dienone is 3. The van der Waals surface area contributed by atoms with E-state index in [1.165, 1.54) is 44.9 Å². The predicted molar refractivity (Wildman–Crippen MR) is 177 cm³/mol. The summed E-state index contributed by atoms with van der Waals surface area (Å²) < 4.78 is 28.9. The number of methoxy groups -OCH3 is 2. The lowest BCUT2D eigenvalue weighted by molar-refractivity contribution is -0.161. The van der Waals surface area contributed by atoms with Crippen molar-refractivity contribution in [3.8, 4) is 5.75 Å². The van der Waals surface area contributed by atoms with Crippen LogP contribution in [0.15, 0.2) is 35.9 Å². The fraction of sp³-hybridized carbons (Fsp3) is 0.588. The Morgan fingerprint density at radius 1 is 1.25 bits per heavy atom. The summed E-state index contributed by atoms with van der Waals surface area (Å²) in [6, 6.07) is 2.63. The largest absolute Gasteiger partial charge is 0.495 e. The van der Waals surface area contributed by atoms with Crippen molar-refractivity contribution >= 4 is 41.2 Å². The number of alkyl carbamates (subject to hydrolysis) is 1. The van der Waals surface area contributed by atoms with Gasteiger partial charge >= 0.3 is 12.1 Å². The van der Waals surface area contributed by atoms with E-state index in [4.69, 9.17) is 35.3 Å². The maximum atomic E-state index is 14.0. The van der Waals surface area contributed by atoms with E-state index in [9.17, 15) is 24.3 Å². The molecule has 0 saturated carbocycles. The zero-order valence-electron chi connectivity index (χ0n) is 28.9. The lowest BCUT2D eigenvalue weighted by Gasteiger charge is -2.42.